The first kappa shape index (κ1) is 18.7. The molecule has 140 valence electrons. The molecule has 1 heterocycles. The summed E-state index contributed by atoms with van der Waals surface area (Å²) in [7, 11) is 2.94. The van der Waals surface area contributed by atoms with Crippen LogP contribution in [0.5, 0.6) is 5.75 Å². The fourth-order valence-electron chi connectivity index (χ4n) is 3.55. The summed E-state index contributed by atoms with van der Waals surface area (Å²) in [6.07, 6.45) is 4.57. The fraction of sp³-hybridized carbons (Fsp3) is 0.273. The maximum Gasteiger partial charge on any atom is 0.332 e. The number of hydrogen-bond acceptors (Lipinski definition) is 4. The molecule has 0 spiro atoms. The number of carbonyl (C=O) groups excluding carboxylic acids is 2. The van der Waals surface area contributed by atoms with Crippen molar-refractivity contribution in [1.82, 2.24) is 5.32 Å². The third-order valence-electron chi connectivity index (χ3n) is 4.92. The van der Waals surface area contributed by atoms with Crippen LogP contribution in [0.15, 0.2) is 60.7 Å². The Labute approximate surface area is 159 Å². The summed E-state index contributed by atoms with van der Waals surface area (Å²) < 4.78 is 10.4. The van der Waals surface area contributed by atoms with Crippen molar-refractivity contribution in [2.24, 2.45) is 0 Å². The maximum absolute atomic E-state index is 12.8. The van der Waals surface area contributed by atoms with Crippen molar-refractivity contribution in [1.29, 1.82) is 0 Å². The second kappa shape index (κ2) is 8.08. The van der Waals surface area contributed by atoms with Gasteiger partial charge in [-0.3, -0.25) is 4.79 Å². The molecule has 27 heavy (non-hydrogen) atoms. The lowest BCUT2D eigenvalue weighted by Crippen LogP contribution is -2.53. The monoisotopic (exact) mass is 365 g/mol. The Kier molecular flexibility index (Phi) is 5.60. The molecule has 1 N–H and O–H groups in total. The van der Waals surface area contributed by atoms with Gasteiger partial charge in [0.2, 0.25) is 5.91 Å². The van der Waals surface area contributed by atoms with E-state index >= 15 is 0 Å². The van der Waals surface area contributed by atoms with Crippen LogP contribution in [0.25, 0.3) is 6.08 Å². The van der Waals surface area contributed by atoms with Crippen LogP contribution in [0.4, 0.5) is 0 Å². The minimum atomic E-state index is -1.14. The Morgan fingerprint density at radius 2 is 1.93 bits per heavy atom. The summed E-state index contributed by atoms with van der Waals surface area (Å²) in [6, 6.07) is 17.4. The van der Waals surface area contributed by atoms with Crippen molar-refractivity contribution >= 4 is 18.0 Å². The lowest BCUT2D eigenvalue weighted by atomic mass is 9.77. The van der Waals surface area contributed by atoms with E-state index in [0.29, 0.717) is 12.2 Å². The van der Waals surface area contributed by atoms with E-state index in [4.69, 9.17) is 9.47 Å². The molecule has 1 saturated heterocycles. The zero-order valence-corrected chi connectivity index (χ0v) is 15.5. The molecule has 5 heteroatoms. The lowest BCUT2D eigenvalue weighted by Gasteiger charge is -2.33. The van der Waals surface area contributed by atoms with Gasteiger partial charge in [-0.1, -0.05) is 54.6 Å². The van der Waals surface area contributed by atoms with Crippen molar-refractivity contribution < 1.29 is 19.1 Å². The SMILES string of the molecule is COC(=O)[C@]1([C@@H](/C=C\c2ccccc2)c2cccc(OC)c2)CCC(=O)N1. The second-order valence-electron chi connectivity index (χ2n) is 6.54. The van der Waals surface area contributed by atoms with Crippen LogP contribution in [0.3, 0.4) is 0 Å². The first-order valence-corrected chi connectivity index (χ1v) is 8.85. The van der Waals surface area contributed by atoms with E-state index in [-0.39, 0.29) is 12.3 Å². The highest BCUT2D eigenvalue weighted by Crippen LogP contribution is 2.39. The first-order valence-electron chi connectivity index (χ1n) is 8.85. The number of rotatable bonds is 6. The Morgan fingerprint density at radius 3 is 2.56 bits per heavy atom. The Bertz CT molecular complexity index is 846. The van der Waals surface area contributed by atoms with Crippen molar-refractivity contribution in [3.05, 3.63) is 71.8 Å². The van der Waals surface area contributed by atoms with Gasteiger partial charge in [0.25, 0.3) is 0 Å². The van der Waals surface area contributed by atoms with Crippen molar-refractivity contribution in [2.45, 2.75) is 24.3 Å². The fourth-order valence-corrected chi connectivity index (χ4v) is 3.55. The van der Waals surface area contributed by atoms with Crippen LogP contribution in [-0.4, -0.2) is 31.6 Å². The molecule has 0 bridgehead atoms. The average Bonchev–Trinajstić information content (AvgIpc) is 3.11. The van der Waals surface area contributed by atoms with Gasteiger partial charge in [-0.05, 0) is 29.7 Å². The topological polar surface area (TPSA) is 64.6 Å². The Morgan fingerprint density at radius 1 is 1.15 bits per heavy atom. The zero-order valence-electron chi connectivity index (χ0n) is 15.5. The number of nitrogens with one attached hydrogen (secondary N) is 1. The van der Waals surface area contributed by atoms with Crippen LogP contribution in [0, 0.1) is 0 Å². The number of benzene rings is 2. The Balaban J connectivity index is 2.09. The highest BCUT2D eigenvalue weighted by molar-refractivity contribution is 5.93. The molecule has 0 aliphatic carbocycles. The predicted molar refractivity (Wildman–Crippen MR) is 103 cm³/mol. The third-order valence-corrected chi connectivity index (χ3v) is 4.92. The molecule has 2 aromatic carbocycles. The zero-order chi connectivity index (χ0) is 19.3. The summed E-state index contributed by atoms with van der Waals surface area (Å²) >= 11 is 0. The van der Waals surface area contributed by atoms with E-state index in [1.165, 1.54) is 7.11 Å². The molecular weight excluding hydrogens is 342 g/mol. The number of esters is 1. The molecule has 5 nitrogen and oxygen atoms in total. The molecule has 1 aliphatic heterocycles. The van der Waals surface area contributed by atoms with E-state index in [9.17, 15) is 9.59 Å². The van der Waals surface area contributed by atoms with Gasteiger partial charge in [-0.25, -0.2) is 4.79 Å². The van der Waals surface area contributed by atoms with Crippen LogP contribution in [-0.2, 0) is 14.3 Å². The van der Waals surface area contributed by atoms with Gasteiger partial charge in [-0.2, -0.15) is 0 Å². The van der Waals surface area contributed by atoms with Gasteiger partial charge < -0.3 is 14.8 Å². The van der Waals surface area contributed by atoms with Crippen LogP contribution < -0.4 is 10.1 Å². The van der Waals surface area contributed by atoms with Gasteiger partial charge >= 0.3 is 5.97 Å². The van der Waals surface area contributed by atoms with Gasteiger partial charge in [0.15, 0.2) is 0 Å². The summed E-state index contributed by atoms with van der Waals surface area (Å²) in [5.41, 5.74) is 0.743. The number of carbonyl (C=O) groups is 2. The largest absolute Gasteiger partial charge is 0.497 e. The first-order chi connectivity index (χ1) is 13.1. The summed E-state index contributed by atoms with van der Waals surface area (Å²) in [6.45, 7) is 0. The normalized spacial score (nSPS) is 20.3. The summed E-state index contributed by atoms with van der Waals surface area (Å²) in [4.78, 5) is 24.8. The van der Waals surface area contributed by atoms with E-state index < -0.39 is 17.4 Å². The smallest absolute Gasteiger partial charge is 0.332 e. The third kappa shape index (κ3) is 3.87. The average molecular weight is 365 g/mol. The molecule has 0 radical (unpaired) electrons. The van der Waals surface area contributed by atoms with Crippen molar-refractivity contribution in [3.63, 3.8) is 0 Å². The molecule has 2 aromatic rings. The van der Waals surface area contributed by atoms with Gasteiger partial charge in [0.05, 0.1) is 14.2 Å². The number of amides is 1. The molecule has 0 saturated carbocycles. The molecular formula is C22H23NO4. The van der Waals surface area contributed by atoms with Crippen LogP contribution in [0.2, 0.25) is 0 Å². The maximum atomic E-state index is 12.8. The molecule has 3 rings (SSSR count). The number of ether oxygens (including phenoxy) is 2. The van der Waals surface area contributed by atoms with Gasteiger partial charge in [-0.15, -0.1) is 0 Å². The second-order valence-corrected chi connectivity index (χ2v) is 6.54. The minimum Gasteiger partial charge on any atom is -0.497 e. The molecule has 1 aliphatic rings. The molecule has 0 aromatic heterocycles. The van der Waals surface area contributed by atoms with E-state index in [0.717, 1.165) is 11.1 Å². The molecule has 1 fully saturated rings. The summed E-state index contributed by atoms with van der Waals surface area (Å²) in [5.74, 6) is -0.304. The molecule has 1 amide bonds. The highest BCUT2D eigenvalue weighted by atomic mass is 16.5. The van der Waals surface area contributed by atoms with Crippen LogP contribution in [0.1, 0.15) is 29.9 Å². The highest BCUT2D eigenvalue weighted by Gasteiger charge is 2.51. The van der Waals surface area contributed by atoms with Crippen LogP contribution >= 0.6 is 0 Å². The van der Waals surface area contributed by atoms with Gasteiger partial charge in [0, 0.05) is 12.3 Å². The molecule has 2 atom stereocenters. The Hall–Kier alpha value is -3.08. The van der Waals surface area contributed by atoms with E-state index in [1.54, 1.807) is 7.11 Å². The quantitative estimate of drug-likeness (QED) is 0.798. The lowest BCUT2D eigenvalue weighted by molar-refractivity contribution is -0.149. The minimum absolute atomic E-state index is 0.151. The van der Waals surface area contributed by atoms with Crippen molar-refractivity contribution in [3.8, 4) is 5.75 Å². The summed E-state index contributed by atoms with van der Waals surface area (Å²) in [5, 5.41) is 2.88. The van der Waals surface area contributed by atoms with E-state index in [2.05, 4.69) is 5.32 Å². The number of hydrogen-bond donors (Lipinski definition) is 1. The van der Waals surface area contributed by atoms with Crippen molar-refractivity contribution in [2.75, 3.05) is 14.2 Å². The standard InChI is InChI=1S/C22H23NO4/c1-26-18-10-6-9-17(15-18)19(12-11-16-7-4-3-5-8-16)22(21(25)27-2)14-13-20(24)23-22/h3-12,15,19H,13-14H2,1-2H3,(H,23,24)/b12-11-/t19-,22+/m0/s1. The number of methoxy groups -OCH3 is 2. The molecule has 0 unspecified atom stereocenters. The van der Waals surface area contributed by atoms with Gasteiger partial charge in [0.1, 0.15) is 11.3 Å². The predicted octanol–water partition coefficient (Wildman–Crippen LogP) is 3.31. The van der Waals surface area contributed by atoms with E-state index in [1.807, 2.05) is 66.7 Å².